The van der Waals surface area contributed by atoms with Crippen LogP contribution in [0.4, 0.5) is 0 Å². The summed E-state index contributed by atoms with van der Waals surface area (Å²) in [6, 6.07) is 0.670. The van der Waals surface area contributed by atoms with E-state index in [1.807, 2.05) is 0 Å². The van der Waals surface area contributed by atoms with Crippen LogP contribution in [-0.2, 0) is 0 Å². The van der Waals surface area contributed by atoms with E-state index in [1.165, 1.54) is 25.9 Å². The van der Waals surface area contributed by atoms with E-state index in [1.54, 1.807) is 0 Å². The predicted molar refractivity (Wildman–Crippen MR) is 82.5 cm³/mol. The Bertz CT molecular complexity index is 223. The summed E-state index contributed by atoms with van der Waals surface area (Å²) in [5, 5.41) is 10.00. The van der Waals surface area contributed by atoms with Crippen LogP contribution in [0.25, 0.3) is 0 Å². The fraction of sp³-hybridized carbons (Fsp3) is 1.00. The molecule has 1 aliphatic heterocycles. The number of aliphatic hydroxyl groups excluding tert-OH is 1. The van der Waals surface area contributed by atoms with Crippen molar-refractivity contribution >= 4 is 0 Å². The van der Waals surface area contributed by atoms with Crippen LogP contribution in [0.1, 0.15) is 53.4 Å². The van der Waals surface area contributed by atoms with Crippen LogP contribution in [0.2, 0.25) is 0 Å². The molecule has 1 fully saturated rings. The Morgan fingerprint density at radius 3 is 2.05 bits per heavy atom. The maximum atomic E-state index is 10.00. The lowest BCUT2D eigenvalue weighted by Crippen LogP contribution is -2.49. The second-order valence-corrected chi connectivity index (χ2v) is 6.74. The fourth-order valence-electron chi connectivity index (χ4n) is 2.74. The van der Waals surface area contributed by atoms with E-state index in [-0.39, 0.29) is 6.10 Å². The number of aliphatic hydroxyl groups is 1. The summed E-state index contributed by atoms with van der Waals surface area (Å²) >= 11 is 0. The third-order valence-electron chi connectivity index (χ3n) is 4.23. The number of hydrogen-bond donors (Lipinski definition) is 1. The predicted octanol–water partition coefficient (Wildman–Crippen LogP) is 2.59. The Kier molecular flexibility index (Phi) is 7.96. The monoisotopic (exact) mass is 270 g/mol. The minimum atomic E-state index is -0.0955. The van der Waals surface area contributed by atoms with Gasteiger partial charge in [-0.15, -0.1) is 0 Å². The Hall–Kier alpha value is -0.120. The first-order valence-electron chi connectivity index (χ1n) is 8.13. The third-order valence-corrected chi connectivity index (χ3v) is 4.23. The van der Waals surface area contributed by atoms with E-state index in [0.717, 1.165) is 38.4 Å². The summed E-state index contributed by atoms with van der Waals surface area (Å²) in [5.41, 5.74) is 0. The van der Waals surface area contributed by atoms with Crippen LogP contribution in [0, 0.1) is 5.92 Å². The van der Waals surface area contributed by atoms with E-state index >= 15 is 0 Å². The first kappa shape index (κ1) is 16.9. The Labute approximate surface area is 120 Å². The maximum Gasteiger partial charge on any atom is 0.0552 e. The van der Waals surface area contributed by atoms with Gasteiger partial charge in [0.15, 0.2) is 0 Å². The van der Waals surface area contributed by atoms with Gasteiger partial charge in [-0.2, -0.15) is 0 Å². The van der Waals surface area contributed by atoms with Gasteiger partial charge in [0, 0.05) is 38.8 Å². The summed E-state index contributed by atoms with van der Waals surface area (Å²) in [7, 11) is 0. The summed E-state index contributed by atoms with van der Waals surface area (Å²) in [5.74, 6) is 0.760. The molecular formula is C16H34N2O. The average molecular weight is 270 g/mol. The molecule has 114 valence electrons. The van der Waals surface area contributed by atoms with E-state index < -0.39 is 0 Å². The first-order valence-corrected chi connectivity index (χ1v) is 8.13. The highest BCUT2D eigenvalue weighted by atomic mass is 16.3. The van der Waals surface area contributed by atoms with Crippen molar-refractivity contribution in [1.29, 1.82) is 0 Å². The zero-order chi connectivity index (χ0) is 14.3. The highest BCUT2D eigenvalue weighted by molar-refractivity contribution is 4.74. The number of hydrogen-bond acceptors (Lipinski definition) is 3. The minimum Gasteiger partial charge on any atom is -0.393 e. The molecule has 1 N–H and O–H groups in total. The van der Waals surface area contributed by atoms with Crippen LogP contribution >= 0.6 is 0 Å². The van der Waals surface area contributed by atoms with Crippen molar-refractivity contribution in [1.82, 2.24) is 9.80 Å². The molecule has 0 radical (unpaired) electrons. The molecule has 19 heavy (non-hydrogen) atoms. The van der Waals surface area contributed by atoms with Gasteiger partial charge in [0.1, 0.15) is 0 Å². The molecule has 0 amide bonds. The Morgan fingerprint density at radius 1 is 0.895 bits per heavy atom. The van der Waals surface area contributed by atoms with Crippen molar-refractivity contribution in [3.8, 4) is 0 Å². The molecule has 1 saturated heterocycles. The lowest BCUT2D eigenvalue weighted by Gasteiger charge is -2.37. The van der Waals surface area contributed by atoms with Gasteiger partial charge in [0.05, 0.1) is 6.10 Å². The maximum absolute atomic E-state index is 10.00. The van der Waals surface area contributed by atoms with Crippen molar-refractivity contribution in [2.75, 3.05) is 32.7 Å². The van der Waals surface area contributed by atoms with Crippen LogP contribution in [0.15, 0.2) is 0 Å². The zero-order valence-corrected chi connectivity index (χ0v) is 13.4. The van der Waals surface area contributed by atoms with Crippen LogP contribution in [0.3, 0.4) is 0 Å². The van der Waals surface area contributed by atoms with Gasteiger partial charge in [0.25, 0.3) is 0 Å². The van der Waals surface area contributed by atoms with Gasteiger partial charge in [-0.05, 0) is 32.6 Å². The fourth-order valence-corrected chi connectivity index (χ4v) is 2.74. The molecule has 0 spiro atoms. The first-order chi connectivity index (χ1) is 8.99. The van der Waals surface area contributed by atoms with Crippen molar-refractivity contribution in [3.63, 3.8) is 0 Å². The number of piperazine rings is 1. The molecule has 0 unspecified atom stereocenters. The molecule has 0 bridgehead atoms. The van der Waals surface area contributed by atoms with Crippen LogP contribution in [-0.4, -0.2) is 59.8 Å². The molecule has 3 nitrogen and oxygen atoms in total. The topological polar surface area (TPSA) is 26.7 Å². The molecule has 0 saturated carbocycles. The summed E-state index contributed by atoms with van der Waals surface area (Å²) in [6.07, 6.45) is 4.23. The van der Waals surface area contributed by atoms with E-state index in [4.69, 9.17) is 0 Å². The van der Waals surface area contributed by atoms with Gasteiger partial charge in [-0.3, -0.25) is 4.90 Å². The van der Waals surface area contributed by atoms with Gasteiger partial charge >= 0.3 is 0 Å². The minimum absolute atomic E-state index is 0.0955. The van der Waals surface area contributed by atoms with Gasteiger partial charge in [-0.1, -0.05) is 26.7 Å². The molecule has 1 rings (SSSR count). The Balaban J connectivity index is 2.06. The smallest absolute Gasteiger partial charge is 0.0552 e. The molecule has 0 aromatic heterocycles. The SMILES string of the molecule is CC(C)CCC[C@H](O)CCN1CCN(C(C)C)CC1. The second-order valence-electron chi connectivity index (χ2n) is 6.74. The number of rotatable bonds is 8. The van der Waals surface area contributed by atoms with E-state index in [9.17, 15) is 5.11 Å². The van der Waals surface area contributed by atoms with Crippen molar-refractivity contribution in [2.24, 2.45) is 5.92 Å². The summed E-state index contributed by atoms with van der Waals surface area (Å²) in [6.45, 7) is 14.8. The highest BCUT2D eigenvalue weighted by Crippen LogP contribution is 2.12. The normalized spacial score (nSPS) is 20.4. The van der Waals surface area contributed by atoms with Crippen LogP contribution in [0.5, 0.6) is 0 Å². The summed E-state index contributed by atoms with van der Waals surface area (Å²) < 4.78 is 0. The highest BCUT2D eigenvalue weighted by Gasteiger charge is 2.19. The molecule has 1 heterocycles. The van der Waals surface area contributed by atoms with E-state index in [0.29, 0.717) is 6.04 Å². The van der Waals surface area contributed by atoms with Crippen LogP contribution < -0.4 is 0 Å². The molecule has 0 aromatic carbocycles. The Morgan fingerprint density at radius 2 is 1.53 bits per heavy atom. The largest absolute Gasteiger partial charge is 0.393 e. The molecular weight excluding hydrogens is 236 g/mol. The standard InChI is InChI=1S/C16H34N2O/c1-14(2)6-5-7-16(19)8-9-17-10-12-18(13-11-17)15(3)4/h14-16,19H,5-13H2,1-4H3/t16-/m0/s1. The summed E-state index contributed by atoms with van der Waals surface area (Å²) in [4.78, 5) is 5.04. The molecule has 1 aliphatic rings. The van der Waals surface area contributed by atoms with Crippen molar-refractivity contribution < 1.29 is 5.11 Å². The lowest BCUT2D eigenvalue weighted by molar-refractivity contribution is 0.0847. The van der Waals surface area contributed by atoms with Gasteiger partial charge in [0.2, 0.25) is 0 Å². The molecule has 1 atom stereocenters. The second kappa shape index (κ2) is 8.93. The lowest BCUT2D eigenvalue weighted by atomic mass is 10.0. The zero-order valence-electron chi connectivity index (χ0n) is 13.4. The number of nitrogens with zero attached hydrogens (tertiary/aromatic N) is 2. The van der Waals surface area contributed by atoms with Gasteiger partial charge < -0.3 is 10.0 Å². The van der Waals surface area contributed by atoms with Crippen molar-refractivity contribution in [3.05, 3.63) is 0 Å². The van der Waals surface area contributed by atoms with Gasteiger partial charge in [-0.25, -0.2) is 0 Å². The third kappa shape index (κ3) is 7.28. The molecule has 0 aliphatic carbocycles. The van der Waals surface area contributed by atoms with E-state index in [2.05, 4.69) is 37.5 Å². The molecule has 0 aromatic rings. The molecule has 3 heteroatoms. The van der Waals surface area contributed by atoms with Crippen molar-refractivity contribution in [2.45, 2.75) is 65.5 Å². The average Bonchev–Trinajstić information content (AvgIpc) is 2.36. The quantitative estimate of drug-likeness (QED) is 0.734.